The van der Waals surface area contributed by atoms with Crippen LogP contribution in [0.2, 0.25) is 10.0 Å². The second-order valence-corrected chi connectivity index (χ2v) is 10.4. The lowest BCUT2D eigenvalue weighted by atomic mass is 10.1. The highest BCUT2D eigenvalue weighted by Crippen LogP contribution is 2.27. The number of hydrogen-bond donors (Lipinski definition) is 1. The molecule has 168 valence electrons. The summed E-state index contributed by atoms with van der Waals surface area (Å²) in [5.41, 5.74) is 0.775. The Labute approximate surface area is 200 Å². The van der Waals surface area contributed by atoms with Crippen molar-refractivity contribution in [2.75, 3.05) is 24.2 Å². The van der Waals surface area contributed by atoms with Crippen LogP contribution in [0.1, 0.15) is 12.5 Å². The van der Waals surface area contributed by atoms with Crippen molar-refractivity contribution in [1.82, 2.24) is 10.2 Å². The van der Waals surface area contributed by atoms with Gasteiger partial charge in [-0.1, -0.05) is 51.3 Å². The van der Waals surface area contributed by atoms with Crippen molar-refractivity contribution in [2.45, 2.75) is 19.5 Å². The van der Waals surface area contributed by atoms with E-state index in [1.807, 2.05) is 0 Å². The van der Waals surface area contributed by atoms with E-state index in [0.717, 1.165) is 10.6 Å². The molecule has 0 aromatic heterocycles. The van der Waals surface area contributed by atoms with Crippen molar-refractivity contribution in [2.24, 2.45) is 0 Å². The van der Waals surface area contributed by atoms with E-state index in [2.05, 4.69) is 21.2 Å². The van der Waals surface area contributed by atoms with Crippen LogP contribution in [0, 0.1) is 0 Å². The highest BCUT2D eigenvalue weighted by molar-refractivity contribution is 9.10. The minimum atomic E-state index is -3.79. The summed E-state index contributed by atoms with van der Waals surface area (Å²) in [7, 11) is -2.34. The predicted molar refractivity (Wildman–Crippen MR) is 127 cm³/mol. The summed E-state index contributed by atoms with van der Waals surface area (Å²) in [6, 6.07) is 10.6. The highest BCUT2D eigenvalue weighted by atomic mass is 79.9. The topological polar surface area (TPSA) is 86.8 Å². The number of carbonyl (C=O) groups excluding carboxylic acids is 2. The van der Waals surface area contributed by atoms with Crippen LogP contribution in [0.5, 0.6) is 0 Å². The van der Waals surface area contributed by atoms with Crippen molar-refractivity contribution < 1.29 is 18.0 Å². The third-order valence-electron chi connectivity index (χ3n) is 4.58. The molecule has 1 atom stereocenters. The zero-order chi connectivity index (χ0) is 23.3. The summed E-state index contributed by atoms with van der Waals surface area (Å²) < 4.78 is 26.5. The van der Waals surface area contributed by atoms with Crippen LogP contribution in [0.15, 0.2) is 46.9 Å². The van der Waals surface area contributed by atoms with Crippen LogP contribution in [0.3, 0.4) is 0 Å². The molecule has 0 aliphatic heterocycles. The Morgan fingerprint density at radius 1 is 1.13 bits per heavy atom. The second-order valence-electron chi connectivity index (χ2n) is 6.76. The molecule has 0 bridgehead atoms. The second kappa shape index (κ2) is 10.7. The van der Waals surface area contributed by atoms with Gasteiger partial charge in [0.1, 0.15) is 12.6 Å². The fraction of sp³-hybridized carbons (Fsp3) is 0.300. The summed E-state index contributed by atoms with van der Waals surface area (Å²) in [5, 5.41) is 3.17. The molecule has 0 fully saturated rings. The average molecular weight is 551 g/mol. The van der Waals surface area contributed by atoms with Crippen LogP contribution in [0.25, 0.3) is 0 Å². The first-order valence-electron chi connectivity index (χ1n) is 9.13. The van der Waals surface area contributed by atoms with E-state index in [-0.39, 0.29) is 6.54 Å². The van der Waals surface area contributed by atoms with Crippen molar-refractivity contribution in [3.8, 4) is 0 Å². The summed E-state index contributed by atoms with van der Waals surface area (Å²) in [6.45, 7) is 0.978. The van der Waals surface area contributed by atoms with Crippen molar-refractivity contribution >= 4 is 66.7 Å². The molecule has 1 unspecified atom stereocenters. The fourth-order valence-electron chi connectivity index (χ4n) is 2.89. The first-order valence-corrected chi connectivity index (χ1v) is 12.5. The molecule has 0 aliphatic carbocycles. The maximum atomic E-state index is 13.3. The Morgan fingerprint density at radius 2 is 1.71 bits per heavy atom. The smallest absolute Gasteiger partial charge is 0.244 e. The Balaban J connectivity index is 2.44. The molecular weight excluding hydrogens is 529 g/mol. The SMILES string of the molecule is CNC(=O)C(C)N(Cc1c(Cl)cccc1Cl)C(=O)CN(c1cccc(Br)c1)S(C)(=O)=O. The highest BCUT2D eigenvalue weighted by Gasteiger charge is 2.30. The maximum absolute atomic E-state index is 13.3. The Kier molecular flexibility index (Phi) is 8.76. The van der Waals surface area contributed by atoms with E-state index in [1.54, 1.807) is 49.4 Å². The van der Waals surface area contributed by atoms with Crippen molar-refractivity contribution in [1.29, 1.82) is 0 Å². The zero-order valence-corrected chi connectivity index (χ0v) is 21.0. The Hall–Kier alpha value is -1.81. The van der Waals surface area contributed by atoms with Gasteiger partial charge in [-0.3, -0.25) is 13.9 Å². The zero-order valence-electron chi connectivity index (χ0n) is 17.1. The summed E-state index contributed by atoms with van der Waals surface area (Å²) in [5.74, 6) is -0.998. The number of nitrogens with one attached hydrogen (secondary N) is 1. The molecule has 0 saturated carbocycles. The number of carbonyl (C=O) groups is 2. The van der Waals surface area contributed by atoms with Gasteiger partial charge in [0.15, 0.2) is 0 Å². The van der Waals surface area contributed by atoms with Crippen LogP contribution < -0.4 is 9.62 Å². The van der Waals surface area contributed by atoms with Crippen LogP contribution >= 0.6 is 39.1 Å². The molecule has 0 heterocycles. The van der Waals surface area contributed by atoms with Gasteiger partial charge in [-0.2, -0.15) is 0 Å². The van der Waals surface area contributed by atoms with E-state index >= 15 is 0 Å². The monoisotopic (exact) mass is 549 g/mol. The largest absolute Gasteiger partial charge is 0.357 e. The van der Waals surface area contributed by atoms with Gasteiger partial charge in [-0.05, 0) is 37.3 Å². The minimum Gasteiger partial charge on any atom is -0.357 e. The van der Waals surface area contributed by atoms with Gasteiger partial charge < -0.3 is 10.2 Å². The molecule has 2 amide bonds. The molecule has 31 heavy (non-hydrogen) atoms. The van der Waals surface area contributed by atoms with Gasteiger partial charge in [0.25, 0.3) is 0 Å². The average Bonchev–Trinajstić information content (AvgIpc) is 2.69. The predicted octanol–water partition coefficient (Wildman–Crippen LogP) is 3.69. The molecule has 0 saturated heterocycles. The van der Waals surface area contributed by atoms with Crippen LogP contribution in [0.4, 0.5) is 5.69 Å². The summed E-state index contributed by atoms with van der Waals surface area (Å²) in [4.78, 5) is 26.8. The Bertz CT molecular complexity index is 1060. The van der Waals surface area contributed by atoms with Gasteiger partial charge in [0.05, 0.1) is 11.9 Å². The van der Waals surface area contributed by atoms with Gasteiger partial charge in [-0.25, -0.2) is 8.42 Å². The molecule has 2 aromatic carbocycles. The molecular formula is C20H22BrCl2N3O4S. The quantitative estimate of drug-likeness (QED) is 0.543. The van der Waals surface area contributed by atoms with Crippen LogP contribution in [-0.2, 0) is 26.2 Å². The number of likely N-dealkylation sites (N-methyl/N-ethyl adjacent to an activating group) is 1. The minimum absolute atomic E-state index is 0.0674. The molecule has 1 N–H and O–H groups in total. The van der Waals surface area contributed by atoms with E-state index < -0.39 is 34.4 Å². The number of sulfonamides is 1. The number of halogens is 3. The van der Waals surface area contributed by atoms with E-state index in [9.17, 15) is 18.0 Å². The number of hydrogen-bond acceptors (Lipinski definition) is 4. The number of rotatable bonds is 8. The first kappa shape index (κ1) is 25.5. The molecule has 0 spiro atoms. The number of amides is 2. The van der Waals surface area contributed by atoms with E-state index in [0.29, 0.717) is 25.8 Å². The lowest BCUT2D eigenvalue weighted by Crippen LogP contribution is -2.50. The summed E-state index contributed by atoms with van der Waals surface area (Å²) in [6.07, 6.45) is 1.01. The number of anilines is 1. The third-order valence-corrected chi connectivity index (χ3v) is 6.92. The molecule has 0 aliphatic rings. The molecule has 7 nitrogen and oxygen atoms in total. The first-order chi connectivity index (χ1) is 14.5. The van der Waals surface area contributed by atoms with Gasteiger partial charge in [-0.15, -0.1) is 0 Å². The van der Waals surface area contributed by atoms with Crippen LogP contribution in [-0.4, -0.2) is 51.0 Å². The number of nitrogens with zero attached hydrogens (tertiary/aromatic N) is 2. The van der Waals surface area contributed by atoms with Gasteiger partial charge in [0.2, 0.25) is 21.8 Å². The molecule has 0 radical (unpaired) electrons. The van der Waals surface area contributed by atoms with Crippen molar-refractivity contribution in [3.05, 3.63) is 62.5 Å². The summed E-state index contributed by atoms with van der Waals surface area (Å²) >= 11 is 15.8. The molecule has 11 heteroatoms. The van der Waals surface area contributed by atoms with Crippen molar-refractivity contribution in [3.63, 3.8) is 0 Å². The standard InChI is InChI=1S/C20H22BrCl2N3O4S/c1-13(20(28)24-2)25(11-16-17(22)8-5-9-18(16)23)19(27)12-26(31(3,29)30)15-7-4-6-14(21)10-15/h4-10,13H,11-12H2,1-3H3,(H,24,28). The van der Waals surface area contributed by atoms with Gasteiger partial charge >= 0.3 is 0 Å². The number of benzene rings is 2. The molecule has 2 rings (SSSR count). The lowest BCUT2D eigenvalue weighted by molar-refractivity contribution is -0.139. The fourth-order valence-corrected chi connectivity index (χ4v) is 4.64. The normalized spacial score (nSPS) is 12.2. The Morgan fingerprint density at radius 3 is 2.23 bits per heavy atom. The molecule has 2 aromatic rings. The van der Waals surface area contributed by atoms with E-state index in [4.69, 9.17) is 23.2 Å². The van der Waals surface area contributed by atoms with Gasteiger partial charge in [0, 0.05) is 33.7 Å². The van der Waals surface area contributed by atoms with E-state index in [1.165, 1.54) is 11.9 Å². The lowest BCUT2D eigenvalue weighted by Gasteiger charge is -2.31. The third kappa shape index (κ3) is 6.58. The maximum Gasteiger partial charge on any atom is 0.244 e.